The molecule has 0 aromatic heterocycles. The molecular weight excluding hydrogens is 496 g/mol. The summed E-state index contributed by atoms with van der Waals surface area (Å²) in [7, 11) is 0. The van der Waals surface area contributed by atoms with E-state index in [1.165, 1.54) is 0 Å². The van der Waals surface area contributed by atoms with E-state index in [1.54, 1.807) is 0 Å². The van der Waals surface area contributed by atoms with Gasteiger partial charge in [0, 0.05) is 44.6 Å². The highest BCUT2D eigenvalue weighted by Crippen LogP contribution is 2.22. The van der Waals surface area contributed by atoms with Crippen LogP contribution in [0.2, 0.25) is 0 Å². The summed E-state index contributed by atoms with van der Waals surface area (Å²) < 4.78 is 14.5. The lowest BCUT2D eigenvalue weighted by atomic mass is 10.2. The number of hydrogen-bond donors (Lipinski definition) is 5. The summed E-state index contributed by atoms with van der Waals surface area (Å²) in [5, 5.41) is 41.0. The molecule has 0 aromatic rings. The molecule has 0 spiro atoms. The number of ether oxygens (including phenoxy) is 3. The van der Waals surface area contributed by atoms with Crippen molar-refractivity contribution in [3.8, 4) is 0 Å². The lowest BCUT2D eigenvalue weighted by Gasteiger charge is -2.01. The van der Waals surface area contributed by atoms with Crippen LogP contribution < -0.4 is 0 Å². The predicted molar refractivity (Wildman–Crippen MR) is 128 cm³/mol. The minimum Gasteiger partial charge on any atom is -0.484 e. The number of carbonyl (C=O) groups is 5. The zero-order valence-electron chi connectivity index (χ0n) is 19.5. The maximum atomic E-state index is 10.2. The molecule has 0 saturated carbocycles. The highest BCUT2D eigenvalue weighted by Gasteiger charge is 2.26. The Morgan fingerprint density at radius 1 is 0.676 bits per heavy atom. The van der Waals surface area contributed by atoms with Crippen LogP contribution in [-0.2, 0) is 38.2 Å². The molecule has 0 bridgehead atoms. The zero-order valence-corrected chi connectivity index (χ0v) is 19.5. The van der Waals surface area contributed by atoms with Gasteiger partial charge >= 0.3 is 29.8 Å². The summed E-state index contributed by atoms with van der Waals surface area (Å²) in [4.78, 5) is 50.0. The van der Waals surface area contributed by atoms with Crippen LogP contribution in [-0.4, -0.2) is 73.7 Å². The predicted octanol–water partition coefficient (Wildman–Crippen LogP) is 3.03. The summed E-state index contributed by atoms with van der Waals surface area (Å²) in [6.07, 6.45) is 3.43. The molecule has 3 atom stereocenters. The molecule has 13 nitrogen and oxygen atoms in total. The van der Waals surface area contributed by atoms with Gasteiger partial charge in [-0.25, -0.2) is 19.2 Å². The Labute approximate surface area is 213 Å². The molecule has 0 amide bonds. The van der Waals surface area contributed by atoms with E-state index < -0.39 is 48.2 Å². The standard InChI is InChI=1S/3C6H8O3.C5H6O4.CH4/c3*1-4-2-3-5(9-4)6(7)8;6-4(7)2-1-3-5(8)9;/h3*5H,1-3H2,(H,7,8);1-2H,3H2,(H,6,7)(H,8,9);1H4/b;;;2-1+;/t2*5-;;;/m10.../s1. The third-order valence-corrected chi connectivity index (χ3v) is 4.36. The first-order valence-corrected chi connectivity index (χ1v) is 10.6. The normalized spacial score (nSPS) is 21.2. The zero-order chi connectivity index (χ0) is 27.8. The number of rotatable bonds is 6. The molecule has 0 aliphatic carbocycles. The van der Waals surface area contributed by atoms with Gasteiger partial charge in [0.1, 0.15) is 0 Å². The largest absolute Gasteiger partial charge is 0.484 e. The Kier molecular flexibility index (Phi) is 17.0. The number of carboxylic acids is 5. The van der Waals surface area contributed by atoms with Crippen LogP contribution in [0.4, 0.5) is 0 Å². The molecule has 3 fully saturated rings. The average Bonchev–Trinajstić information content (AvgIpc) is 3.50. The van der Waals surface area contributed by atoms with Gasteiger partial charge in [-0.1, -0.05) is 33.2 Å². The third-order valence-electron chi connectivity index (χ3n) is 4.36. The van der Waals surface area contributed by atoms with Gasteiger partial charge in [0.2, 0.25) is 0 Å². The molecule has 3 aliphatic rings. The van der Waals surface area contributed by atoms with Crippen molar-refractivity contribution in [3.63, 3.8) is 0 Å². The molecule has 1 unspecified atom stereocenters. The maximum Gasteiger partial charge on any atom is 0.344 e. The SMILES string of the molecule is C.C=C1CCC(C(=O)O)O1.C=C1CC[C@@H](C(=O)O)O1.C=C1CC[C@H](C(=O)O)O1.O=C(O)/C=C/CC(=O)O. The lowest BCUT2D eigenvalue weighted by molar-refractivity contribution is -0.146. The number of allylic oxidation sites excluding steroid dienone is 3. The summed E-state index contributed by atoms with van der Waals surface area (Å²) in [6, 6.07) is 0. The number of carboxylic acid groups (broad SMARTS) is 5. The van der Waals surface area contributed by atoms with E-state index in [9.17, 15) is 24.0 Å². The average molecular weight is 531 g/mol. The van der Waals surface area contributed by atoms with Crippen molar-refractivity contribution in [1.82, 2.24) is 0 Å². The lowest BCUT2D eigenvalue weighted by Crippen LogP contribution is -2.17. The van der Waals surface area contributed by atoms with Gasteiger partial charge in [0.25, 0.3) is 0 Å². The fourth-order valence-corrected chi connectivity index (χ4v) is 2.62. The van der Waals surface area contributed by atoms with Gasteiger partial charge in [0.05, 0.1) is 23.7 Å². The van der Waals surface area contributed by atoms with Crippen LogP contribution in [0.3, 0.4) is 0 Å². The minimum atomic E-state index is -1.13. The molecule has 37 heavy (non-hydrogen) atoms. The van der Waals surface area contributed by atoms with Crippen molar-refractivity contribution in [2.24, 2.45) is 0 Å². The number of hydrogen-bond acceptors (Lipinski definition) is 8. The van der Waals surface area contributed by atoms with Crippen LogP contribution in [0.15, 0.2) is 49.2 Å². The van der Waals surface area contributed by atoms with Crippen molar-refractivity contribution in [2.45, 2.75) is 70.7 Å². The van der Waals surface area contributed by atoms with Gasteiger partial charge in [0.15, 0.2) is 18.3 Å². The van der Waals surface area contributed by atoms with E-state index in [0.717, 1.165) is 12.2 Å². The van der Waals surface area contributed by atoms with Crippen LogP contribution in [0.1, 0.15) is 52.4 Å². The smallest absolute Gasteiger partial charge is 0.344 e. The molecule has 3 saturated heterocycles. The van der Waals surface area contributed by atoms with E-state index in [-0.39, 0.29) is 13.8 Å². The number of aliphatic carboxylic acids is 5. The van der Waals surface area contributed by atoms with Crippen molar-refractivity contribution >= 4 is 29.8 Å². The molecule has 3 rings (SSSR count). The molecule has 208 valence electrons. The quantitative estimate of drug-likeness (QED) is 0.313. The summed E-state index contributed by atoms with van der Waals surface area (Å²) in [5.74, 6) is -3.09. The molecule has 5 N–H and O–H groups in total. The Bertz CT molecular complexity index is 801. The van der Waals surface area contributed by atoms with Crippen molar-refractivity contribution in [2.75, 3.05) is 0 Å². The summed E-state index contributed by atoms with van der Waals surface area (Å²) >= 11 is 0. The van der Waals surface area contributed by atoms with E-state index >= 15 is 0 Å². The van der Waals surface area contributed by atoms with E-state index in [1.807, 2.05) is 0 Å². The van der Waals surface area contributed by atoms with Crippen molar-refractivity contribution in [3.05, 3.63) is 49.2 Å². The molecule has 13 heteroatoms. The summed E-state index contributed by atoms with van der Waals surface area (Å²) in [5.41, 5.74) is 0. The fraction of sp³-hybridized carbons (Fsp3) is 0.458. The second-order valence-electron chi connectivity index (χ2n) is 7.40. The molecule has 0 aromatic carbocycles. The second kappa shape index (κ2) is 18.0. The Morgan fingerprint density at radius 3 is 1.11 bits per heavy atom. The van der Waals surface area contributed by atoms with E-state index in [2.05, 4.69) is 19.7 Å². The monoisotopic (exact) mass is 530 g/mol. The minimum absolute atomic E-state index is 0. The van der Waals surface area contributed by atoms with Crippen molar-refractivity contribution < 1.29 is 63.7 Å². The topological polar surface area (TPSA) is 214 Å². The van der Waals surface area contributed by atoms with Crippen LogP contribution >= 0.6 is 0 Å². The van der Waals surface area contributed by atoms with Crippen LogP contribution in [0.25, 0.3) is 0 Å². The molecule has 3 heterocycles. The van der Waals surface area contributed by atoms with Gasteiger partial charge in [-0.05, 0) is 0 Å². The first kappa shape index (κ1) is 34.9. The van der Waals surface area contributed by atoms with Gasteiger partial charge in [-0.2, -0.15) is 0 Å². The van der Waals surface area contributed by atoms with Crippen LogP contribution in [0, 0.1) is 0 Å². The second-order valence-corrected chi connectivity index (χ2v) is 7.40. The first-order valence-electron chi connectivity index (χ1n) is 10.6. The summed E-state index contributed by atoms with van der Waals surface area (Å²) in [6.45, 7) is 10.5. The van der Waals surface area contributed by atoms with Crippen molar-refractivity contribution in [1.29, 1.82) is 0 Å². The molecule has 3 aliphatic heterocycles. The fourth-order valence-electron chi connectivity index (χ4n) is 2.62. The highest BCUT2D eigenvalue weighted by molar-refractivity contribution is 5.81. The molecule has 0 radical (unpaired) electrons. The van der Waals surface area contributed by atoms with Crippen LogP contribution in [0.5, 0.6) is 0 Å². The Balaban J connectivity index is 0. The third kappa shape index (κ3) is 16.9. The van der Waals surface area contributed by atoms with Gasteiger partial charge in [-0.3, -0.25) is 4.79 Å². The Hall–Kier alpha value is -4.29. The first-order chi connectivity index (χ1) is 16.7. The Morgan fingerprint density at radius 2 is 0.973 bits per heavy atom. The highest BCUT2D eigenvalue weighted by atomic mass is 16.5. The molecular formula is C24H34O13. The van der Waals surface area contributed by atoms with E-state index in [4.69, 9.17) is 39.7 Å². The van der Waals surface area contributed by atoms with Gasteiger partial charge < -0.3 is 39.7 Å². The van der Waals surface area contributed by atoms with E-state index in [0.29, 0.717) is 55.8 Å². The van der Waals surface area contributed by atoms with Gasteiger partial charge in [-0.15, -0.1) is 0 Å². The maximum absolute atomic E-state index is 10.2.